The van der Waals surface area contributed by atoms with Gasteiger partial charge in [0.1, 0.15) is 12.4 Å². The Morgan fingerprint density at radius 1 is 1.40 bits per heavy atom. The Morgan fingerprint density at radius 2 is 2.15 bits per heavy atom. The van der Waals surface area contributed by atoms with Crippen LogP contribution in [0, 0.1) is 17.7 Å². The van der Waals surface area contributed by atoms with Crippen LogP contribution >= 0.6 is 0 Å². The molecule has 0 spiro atoms. The number of carbonyl (C=O) groups is 1. The molecule has 0 radical (unpaired) electrons. The molecular formula is C15H17FN2O2. The van der Waals surface area contributed by atoms with Crippen LogP contribution < -0.4 is 10.6 Å². The van der Waals surface area contributed by atoms with E-state index in [1.807, 2.05) is 0 Å². The first-order valence-electron chi connectivity index (χ1n) is 6.66. The molecule has 1 saturated carbocycles. The molecule has 1 fully saturated rings. The molecule has 0 atom stereocenters. The molecule has 106 valence electrons. The molecule has 1 aromatic carbocycles. The molecule has 20 heavy (non-hydrogen) atoms. The number of rotatable bonds is 2. The second-order valence-corrected chi connectivity index (χ2v) is 4.73. The number of nitrogens with one attached hydrogen (secondary N) is 2. The second kappa shape index (κ2) is 6.92. The Hall–Kier alpha value is -2.06. The Morgan fingerprint density at radius 3 is 2.80 bits per heavy atom. The largest absolute Gasteiger partial charge is 0.384 e. The van der Waals surface area contributed by atoms with Crippen molar-refractivity contribution in [2.75, 3.05) is 11.9 Å². The third kappa shape index (κ3) is 3.97. The summed E-state index contributed by atoms with van der Waals surface area (Å²) in [6, 6.07) is 4.09. The van der Waals surface area contributed by atoms with Crippen molar-refractivity contribution >= 4 is 11.7 Å². The Bertz CT molecular complexity index is 543. The molecule has 0 bridgehead atoms. The van der Waals surface area contributed by atoms with Gasteiger partial charge in [0.05, 0.1) is 5.69 Å². The highest BCUT2D eigenvalue weighted by Crippen LogP contribution is 2.19. The second-order valence-electron chi connectivity index (χ2n) is 4.73. The van der Waals surface area contributed by atoms with Gasteiger partial charge in [0.15, 0.2) is 0 Å². The molecule has 0 heterocycles. The maximum absolute atomic E-state index is 13.8. The highest BCUT2D eigenvalue weighted by atomic mass is 19.1. The average molecular weight is 276 g/mol. The molecule has 0 aliphatic heterocycles. The van der Waals surface area contributed by atoms with Crippen LogP contribution in [0.15, 0.2) is 18.2 Å². The summed E-state index contributed by atoms with van der Waals surface area (Å²) >= 11 is 0. The maximum Gasteiger partial charge on any atom is 0.319 e. The highest BCUT2D eigenvalue weighted by Gasteiger charge is 2.17. The molecule has 5 heteroatoms. The summed E-state index contributed by atoms with van der Waals surface area (Å²) in [7, 11) is 0. The number of amides is 2. The van der Waals surface area contributed by atoms with Gasteiger partial charge >= 0.3 is 6.03 Å². The van der Waals surface area contributed by atoms with E-state index in [0.29, 0.717) is 5.56 Å². The molecule has 4 nitrogen and oxygen atoms in total. The van der Waals surface area contributed by atoms with Crippen molar-refractivity contribution in [1.29, 1.82) is 0 Å². The van der Waals surface area contributed by atoms with Gasteiger partial charge in [-0.3, -0.25) is 0 Å². The zero-order chi connectivity index (χ0) is 14.4. The Kier molecular flexibility index (Phi) is 4.97. The smallest absolute Gasteiger partial charge is 0.319 e. The zero-order valence-electron chi connectivity index (χ0n) is 11.1. The molecular weight excluding hydrogens is 259 g/mol. The number of aliphatic hydroxyl groups is 1. The van der Waals surface area contributed by atoms with Gasteiger partial charge in [-0.15, -0.1) is 0 Å². The molecule has 0 saturated heterocycles. The fourth-order valence-corrected chi connectivity index (χ4v) is 2.25. The highest BCUT2D eigenvalue weighted by molar-refractivity contribution is 5.89. The number of aliphatic hydroxyl groups excluding tert-OH is 1. The third-order valence-electron chi connectivity index (χ3n) is 3.22. The number of urea groups is 1. The summed E-state index contributed by atoms with van der Waals surface area (Å²) in [5.74, 6) is 4.50. The van der Waals surface area contributed by atoms with E-state index in [9.17, 15) is 9.18 Å². The van der Waals surface area contributed by atoms with E-state index in [1.54, 1.807) is 6.07 Å². The fraction of sp³-hybridized carbons (Fsp3) is 0.400. The molecule has 3 N–H and O–H groups in total. The van der Waals surface area contributed by atoms with Crippen LogP contribution in [0.3, 0.4) is 0 Å². The van der Waals surface area contributed by atoms with E-state index < -0.39 is 5.82 Å². The lowest BCUT2D eigenvalue weighted by atomic mass is 10.2. The van der Waals surface area contributed by atoms with E-state index in [1.165, 1.54) is 12.1 Å². The van der Waals surface area contributed by atoms with Crippen molar-refractivity contribution in [3.05, 3.63) is 29.6 Å². The molecule has 2 amide bonds. The predicted molar refractivity (Wildman–Crippen MR) is 74.8 cm³/mol. The lowest BCUT2D eigenvalue weighted by Gasteiger charge is -2.13. The van der Waals surface area contributed by atoms with E-state index in [2.05, 4.69) is 22.5 Å². The number of hydrogen-bond acceptors (Lipinski definition) is 2. The number of halogens is 1. The van der Waals surface area contributed by atoms with Gasteiger partial charge in [-0.25, -0.2) is 9.18 Å². The standard InChI is InChI=1S/C15H17FN2O2/c16-13-10-11(4-3-9-19)7-8-14(13)18-15(20)17-12-5-1-2-6-12/h7-8,10,12,19H,1-2,5-6,9H2,(H2,17,18,20). The summed E-state index contributed by atoms with van der Waals surface area (Å²) in [4.78, 5) is 11.7. The van der Waals surface area contributed by atoms with Crippen LogP contribution in [-0.2, 0) is 0 Å². The SMILES string of the molecule is O=C(Nc1ccc(C#CCO)cc1F)NC1CCCC1. The van der Waals surface area contributed by atoms with Crippen LogP contribution in [-0.4, -0.2) is 23.8 Å². The lowest BCUT2D eigenvalue weighted by Crippen LogP contribution is -2.36. The van der Waals surface area contributed by atoms with Crippen molar-refractivity contribution in [3.63, 3.8) is 0 Å². The average Bonchev–Trinajstić information content (AvgIpc) is 2.92. The number of carbonyl (C=O) groups excluding carboxylic acids is 1. The van der Waals surface area contributed by atoms with Gasteiger partial charge in [0.25, 0.3) is 0 Å². The van der Waals surface area contributed by atoms with Gasteiger partial charge in [0.2, 0.25) is 0 Å². The normalized spacial score (nSPS) is 14.5. The van der Waals surface area contributed by atoms with E-state index in [4.69, 9.17) is 5.11 Å². The van der Waals surface area contributed by atoms with E-state index in [0.717, 1.165) is 25.7 Å². The van der Waals surface area contributed by atoms with Crippen LogP contribution in [0.2, 0.25) is 0 Å². The van der Waals surface area contributed by atoms with Crippen molar-refractivity contribution in [2.24, 2.45) is 0 Å². The van der Waals surface area contributed by atoms with Crippen LogP contribution in [0.5, 0.6) is 0 Å². The Labute approximate surface area is 117 Å². The van der Waals surface area contributed by atoms with Crippen molar-refractivity contribution in [3.8, 4) is 11.8 Å². The van der Waals surface area contributed by atoms with Gasteiger partial charge in [-0.1, -0.05) is 24.7 Å². The Balaban J connectivity index is 1.96. The molecule has 1 aliphatic rings. The third-order valence-corrected chi connectivity index (χ3v) is 3.22. The molecule has 0 aromatic heterocycles. The summed E-state index contributed by atoms with van der Waals surface area (Å²) in [5.41, 5.74) is 0.577. The minimum Gasteiger partial charge on any atom is -0.384 e. The summed E-state index contributed by atoms with van der Waals surface area (Å²) in [5, 5.41) is 13.9. The number of anilines is 1. The zero-order valence-corrected chi connectivity index (χ0v) is 11.1. The van der Waals surface area contributed by atoms with Crippen molar-refractivity contribution < 1.29 is 14.3 Å². The maximum atomic E-state index is 13.8. The van der Waals surface area contributed by atoms with Gasteiger partial charge in [0, 0.05) is 11.6 Å². The first-order valence-corrected chi connectivity index (χ1v) is 6.66. The molecule has 2 rings (SSSR count). The van der Waals surface area contributed by atoms with Crippen molar-refractivity contribution in [1.82, 2.24) is 5.32 Å². The molecule has 1 aliphatic carbocycles. The van der Waals surface area contributed by atoms with Crippen LogP contribution in [0.25, 0.3) is 0 Å². The summed E-state index contributed by atoms with van der Waals surface area (Å²) in [6.45, 7) is -0.272. The number of hydrogen-bond donors (Lipinski definition) is 3. The first kappa shape index (κ1) is 14.4. The first-order chi connectivity index (χ1) is 9.69. The van der Waals surface area contributed by atoms with E-state index >= 15 is 0 Å². The van der Waals surface area contributed by atoms with Gasteiger partial charge in [-0.2, -0.15) is 0 Å². The van der Waals surface area contributed by atoms with Crippen molar-refractivity contribution in [2.45, 2.75) is 31.7 Å². The van der Waals surface area contributed by atoms with Crippen LogP contribution in [0.1, 0.15) is 31.2 Å². The van der Waals surface area contributed by atoms with Gasteiger partial charge < -0.3 is 15.7 Å². The minimum absolute atomic E-state index is 0.120. The summed E-state index contributed by atoms with van der Waals surface area (Å²) in [6.07, 6.45) is 4.20. The minimum atomic E-state index is -0.545. The van der Waals surface area contributed by atoms with E-state index in [-0.39, 0.29) is 24.4 Å². The van der Waals surface area contributed by atoms with Gasteiger partial charge in [-0.05, 0) is 31.0 Å². The lowest BCUT2D eigenvalue weighted by molar-refractivity contribution is 0.248. The number of benzene rings is 1. The summed E-state index contributed by atoms with van der Waals surface area (Å²) < 4.78 is 13.8. The fourth-order valence-electron chi connectivity index (χ4n) is 2.25. The molecule has 1 aromatic rings. The predicted octanol–water partition coefficient (Wildman–Crippen LogP) is 2.23. The topological polar surface area (TPSA) is 61.4 Å². The molecule has 0 unspecified atom stereocenters. The quantitative estimate of drug-likeness (QED) is 0.725. The van der Waals surface area contributed by atoms with Crippen LogP contribution in [0.4, 0.5) is 14.9 Å². The monoisotopic (exact) mass is 276 g/mol.